The number of unbranched alkanes of at least 4 members (excludes halogenated alkanes) is 9. The Morgan fingerprint density at radius 1 is 0.750 bits per heavy atom. The van der Waals surface area contributed by atoms with Crippen LogP contribution in [0.3, 0.4) is 0 Å². The first-order chi connectivity index (χ1) is 15.2. The molecule has 0 saturated heterocycles. The first kappa shape index (κ1) is 31.0. The molecule has 0 aromatic heterocycles. The van der Waals surface area contributed by atoms with Crippen LogP contribution >= 0.6 is 0 Å². The number of rotatable bonds is 17. The second-order valence-corrected chi connectivity index (χ2v) is 10.7. The van der Waals surface area contributed by atoms with Crippen LogP contribution in [0, 0.1) is 6.92 Å². The Bertz CT molecular complexity index is 661. The maximum absolute atomic E-state index is 10.4. The predicted molar refractivity (Wildman–Crippen MR) is 134 cm³/mol. The van der Waals surface area contributed by atoms with Crippen molar-refractivity contribution in [2.24, 2.45) is 0 Å². The van der Waals surface area contributed by atoms with Crippen LogP contribution in [-0.4, -0.2) is 55.8 Å². The molecule has 1 rings (SSSR count). The van der Waals surface area contributed by atoms with E-state index in [0.29, 0.717) is 6.61 Å². The van der Waals surface area contributed by atoms with Gasteiger partial charge in [0, 0.05) is 13.0 Å². The minimum Gasteiger partial charge on any atom is -0.744 e. The smallest absolute Gasteiger partial charge is 0.124 e. The summed E-state index contributed by atoms with van der Waals surface area (Å²) in [5.74, 6) is 0. The van der Waals surface area contributed by atoms with Crippen LogP contribution in [0.4, 0.5) is 0 Å². The molecule has 0 spiro atoms. The monoisotopic (exact) mass is 471 g/mol. The molecule has 6 heteroatoms. The van der Waals surface area contributed by atoms with Crippen molar-refractivity contribution in [3.8, 4) is 0 Å². The van der Waals surface area contributed by atoms with E-state index in [-0.39, 0.29) is 4.90 Å². The average molecular weight is 472 g/mol. The van der Waals surface area contributed by atoms with Gasteiger partial charge < -0.3 is 14.1 Å². The molecule has 0 fully saturated rings. The lowest BCUT2D eigenvalue weighted by Gasteiger charge is -2.35. The van der Waals surface area contributed by atoms with Gasteiger partial charge in [-0.1, -0.05) is 76.5 Å². The summed E-state index contributed by atoms with van der Waals surface area (Å²) in [4.78, 5) is -0.178. The Hall–Kier alpha value is -0.950. The van der Waals surface area contributed by atoms with E-state index in [4.69, 9.17) is 5.11 Å². The molecule has 0 aliphatic rings. The summed E-state index contributed by atoms with van der Waals surface area (Å²) in [5, 5.41) is 9.13. The molecule has 0 saturated carbocycles. The van der Waals surface area contributed by atoms with Crippen molar-refractivity contribution >= 4 is 10.1 Å². The van der Waals surface area contributed by atoms with Crippen LogP contribution in [0.5, 0.6) is 0 Å². The normalized spacial score (nSPS) is 13.3. The third-order valence-corrected chi connectivity index (χ3v) is 6.87. The van der Waals surface area contributed by atoms with Crippen molar-refractivity contribution in [2.45, 2.75) is 103 Å². The molecule has 0 radical (unpaired) electrons. The van der Waals surface area contributed by atoms with Crippen molar-refractivity contribution in [1.82, 2.24) is 0 Å². The van der Waals surface area contributed by atoms with Gasteiger partial charge in [0.1, 0.15) is 10.1 Å². The standard InChI is InChI=1S/C19H42NO.C7H8O3S/c1-4-6-8-10-12-14-17-20(3,18-15-19-21)16-13-11-9-7-5-2;1-6-2-4-7(5-3-6)11(8,9)10/h21H,4-19H2,1-3H3;2-5H,1H3,(H,8,9,10)/q+1;/p-1. The molecular weight excluding hydrogens is 422 g/mol. The quantitative estimate of drug-likeness (QED) is 0.170. The highest BCUT2D eigenvalue weighted by Crippen LogP contribution is 2.14. The van der Waals surface area contributed by atoms with Crippen LogP contribution in [0.1, 0.15) is 96.5 Å². The number of nitrogens with zero attached hydrogens (tertiary/aromatic N) is 1. The number of hydrogen-bond acceptors (Lipinski definition) is 4. The summed E-state index contributed by atoms with van der Waals surface area (Å²) in [5.41, 5.74) is 0.928. The first-order valence-electron chi connectivity index (χ1n) is 12.7. The number of aliphatic hydroxyl groups excluding tert-OH is 1. The zero-order chi connectivity index (χ0) is 24.3. The fourth-order valence-corrected chi connectivity index (χ4v) is 4.33. The molecule has 1 aromatic carbocycles. The molecular formula is C26H49NO4S. The highest BCUT2D eigenvalue weighted by atomic mass is 32.2. The molecule has 0 amide bonds. The van der Waals surface area contributed by atoms with Crippen molar-refractivity contribution < 1.29 is 22.6 Å². The second-order valence-electron chi connectivity index (χ2n) is 9.32. The van der Waals surface area contributed by atoms with E-state index in [9.17, 15) is 13.0 Å². The molecule has 32 heavy (non-hydrogen) atoms. The van der Waals surface area contributed by atoms with Gasteiger partial charge in [-0.25, -0.2) is 8.42 Å². The zero-order valence-corrected chi connectivity index (χ0v) is 22.0. The summed E-state index contributed by atoms with van der Waals surface area (Å²) < 4.78 is 32.3. The Balaban J connectivity index is 0.000000726. The summed E-state index contributed by atoms with van der Waals surface area (Å²) in [6.45, 7) is 10.5. The molecule has 0 aliphatic carbocycles. The molecule has 0 heterocycles. The fraction of sp³-hybridized carbons (Fsp3) is 0.769. The number of aryl methyl sites for hydroxylation is 1. The average Bonchev–Trinajstić information content (AvgIpc) is 2.75. The number of quaternary nitrogens is 1. The molecule has 1 N–H and O–H groups in total. The largest absolute Gasteiger partial charge is 0.744 e. The van der Waals surface area contributed by atoms with Crippen LogP contribution in [0.15, 0.2) is 29.2 Å². The molecule has 188 valence electrons. The van der Waals surface area contributed by atoms with Crippen molar-refractivity contribution in [2.75, 3.05) is 33.3 Å². The molecule has 1 unspecified atom stereocenters. The van der Waals surface area contributed by atoms with Gasteiger partial charge in [0.05, 0.1) is 31.6 Å². The maximum atomic E-state index is 10.4. The summed E-state index contributed by atoms with van der Waals surface area (Å²) >= 11 is 0. The van der Waals surface area contributed by atoms with Gasteiger partial charge in [-0.15, -0.1) is 0 Å². The fourth-order valence-electron chi connectivity index (χ4n) is 3.86. The van der Waals surface area contributed by atoms with E-state index < -0.39 is 10.1 Å². The summed E-state index contributed by atoms with van der Waals surface area (Å²) in [6.07, 6.45) is 16.1. The van der Waals surface area contributed by atoms with Gasteiger partial charge >= 0.3 is 0 Å². The van der Waals surface area contributed by atoms with Gasteiger partial charge in [-0.2, -0.15) is 0 Å². The SMILES string of the molecule is CCCCCCCC[N+](C)(CCCO)CCCCCCC.Cc1ccc(S(=O)(=O)[O-])cc1. The van der Waals surface area contributed by atoms with E-state index in [1.807, 2.05) is 6.92 Å². The van der Waals surface area contributed by atoms with Gasteiger partial charge in [0.15, 0.2) is 0 Å². The Morgan fingerprint density at radius 3 is 1.56 bits per heavy atom. The predicted octanol–water partition coefficient (Wildman–Crippen LogP) is 6.05. The highest BCUT2D eigenvalue weighted by Gasteiger charge is 2.19. The van der Waals surface area contributed by atoms with Crippen LogP contribution in [0.25, 0.3) is 0 Å². The van der Waals surface area contributed by atoms with Crippen molar-refractivity contribution in [1.29, 1.82) is 0 Å². The van der Waals surface area contributed by atoms with E-state index in [2.05, 4.69) is 20.9 Å². The Labute approximate surface area is 198 Å². The van der Waals surface area contributed by atoms with Crippen molar-refractivity contribution in [3.05, 3.63) is 29.8 Å². The van der Waals surface area contributed by atoms with Gasteiger partial charge in [0.25, 0.3) is 0 Å². The third-order valence-electron chi connectivity index (χ3n) is 6.02. The third kappa shape index (κ3) is 16.7. The maximum Gasteiger partial charge on any atom is 0.124 e. The van der Waals surface area contributed by atoms with Gasteiger partial charge in [0.2, 0.25) is 0 Å². The minimum absolute atomic E-state index is 0.178. The van der Waals surface area contributed by atoms with E-state index in [1.54, 1.807) is 12.1 Å². The second kappa shape index (κ2) is 18.5. The molecule has 0 aliphatic heterocycles. The van der Waals surface area contributed by atoms with Gasteiger partial charge in [-0.3, -0.25) is 0 Å². The highest BCUT2D eigenvalue weighted by molar-refractivity contribution is 7.85. The molecule has 1 aromatic rings. The lowest BCUT2D eigenvalue weighted by atomic mass is 10.1. The first-order valence-corrected chi connectivity index (χ1v) is 14.1. The van der Waals surface area contributed by atoms with Crippen molar-refractivity contribution in [3.63, 3.8) is 0 Å². The number of aliphatic hydroxyl groups is 1. The van der Waals surface area contributed by atoms with E-state index >= 15 is 0 Å². The number of benzene rings is 1. The molecule has 1 atom stereocenters. The Kier molecular flexibility index (Phi) is 17.9. The lowest BCUT2D eigenvalue weighted by molar-refractivity contribution is -0.910. The topological polar surface area (TPSA) is 77.4 Å². The summed E-state index contributed by atoms with van der Waals surface area (Å²) in [6, 6.07) is 5.78. The number of hydrogen-bond donors (Lipinski definition) is 1. The van der Waals surface area contributed by atoms with E-state index in [1.165, 1.54) is 100 Å². The van der Waals surface area contributed by atoms with Crippen LogP contribution < -0.4 is 0 Å². The zero-order valence-electron chi connectivity index (χ0n) is 21.2. The minimum atomic E-state index is -4.27. The Morgan fingerprint density at radius 2 is 1.16 bits per heavy atom. The van der Waals surface area contributed by atoms with Crippen LogP contribution in [0.2, 0.25) is 0 Å². The molecule has 5 nitrogen and oxygen atoms in total. The van der Waals surface area contributed by atoms with Crippen LogP contribution in [-0.2, 0) is 10.1 Å². The van der Waals surface area contributed by atoms with Gasteiger partial charge in [-0.05, 0) is 44.7 Å². The van der Waals surface area contributed by atoms with E-state index in [0.717, 1.165) is 18.5 Å². The summed E-state index contributed by atoms with van der Waals surface area (Å²) in [7, 11) is -1.87. The lowest BCUT2D eigenvalue weighted by Crippen LogP contribution is -2.46. The molecule has 0 bridgehead atoms.